The van der Waals surface area contributed by atoms with Gasteiger partial charge in [0, 0.05) is 38.0 Å². The van der Waals surface area contributed by atoms with E-state index in [1.165, 1.54) is 32.6 Å². The fourth-order valence-electron chi connectivity index (χ4n) is 8.84. The molecule has 254 valence electrons. The second-order valence-corrected chi connectivity index (χ2v) is 14.0. The highest BCUT2D eigenvalue weighted by Gasteiger charge is 2.21. The summed E-state index contributed by atoms with van der Waals surface area (Å²) in [5, 5.41) is 27.3. The Morgan fingerprint density at radius 3 is 1.49 bits per heavy atom. The van der Waals surface area contributed by atoms with Crippen molar-refractivity contribution in [3.63, 3.8) is 0 Å². The summed E-state index contributed by atoms with van der Waals surface area (Å²) < 4.78 is 6.87. The molecule has 0 aliphatic heterocycles. The summed E-state index contributed by atoms with van der Waals surface area (Å²) in [6, 6.07) is 66.0. The Labute approximate surface area is 316 Å². The zero-order valence-corrected chi connectivity index (χ0v) is 29.5. The number of hydrogen-bond acceptors (Lipinski definition) is 2. The van der Waals surface area contributed by atoms with Crippen LogP contribution in [0, 0.1) is 22.7 Å². The molecular weight excluding hydrogens is 671 g/mol. The molecule has 5 nitrogen and oxygen atoms in total. The van der Waals surface area contributed by atoms with Crippen LogP contribution in [0.4, 0.5) is 0 Å². The van der Waals surface area contributed by atoms with Gasteiger partial charge in [0.1, 0.15) is 6.07 Å². The van der Waals surface area contributed by atoms with E-state index in [0.717, 1.165) is 61.0 Å². The lowest BCUT2D eigenvalue weighted by atomic mass is 10.0. The molecule has 0 aliphatic rings. The first kappa shape index (κ1) is 30.7. The zero-order chi connectivity index (χ0) is 36.6. The molecule has 55 heavy (non-hydrogen) atoms. The van der Waals surface area contributed by atoms with Crippen molar-refractivity contribution in [3.05, 3.63) is 187 Å². The maximum atomic E-state index is 10.6. The fourth-order valence-corrected chi connectivity index (χ4v) is 8.84. The molecule has 11 rings (SSSR count). The van der Waals surface area contributed by atoms with Gasteiger partial charge in [0.15, 0.2) is 0 Å². The Bertz CT molecular complexity index is 3420. The van der Waals surface area contributed by atoms with Gasteiger partial charge in [0.2, 0.25) is 0 Å². The summed E-state index contributed by atoms with van der Waals surface area (Å²) in [7, 11) is 0. The SMILES string of the molecule is N#Cc1cc(-c2cccc(-n3c4ccccc4c4c(-n5c6ccccc6c6ccccc65)cccc43)c2)ccc1-n1c2ccccc2c2c(C#N)cccc21. The van der Waals surface area contributed by atoms with E-state index in [2.05, 4.69) is 147 Å². The summed E-state index contributed by atoms with van der Waals surface area (Å²) >= 11 is 0. The number of rotatable bonds is 4. The summed E-state index contributed by atoms with van der Waals surface area (Å²) in [5.74, 6) is 0. The summed E-state index contributed by atoms with van der Waals surface area (Å²) in [4.78, 5) is 0. The molecule has 0 atom stereocenters. The predicted octanol–water partition coefficient (Wildman–Crippen LogP) is 12.4. The molecule has 11 aromatic rings. The number of para-hydroxylation sites is 4. The van der Waals surface area contributed by atoms with E-state index >= 15 is 0 Å². The van der Waals surface area contributed by atoms with Crippen molar-refractivity contribution in [1.29, 1.82) is 10.5 Å². The van der Waals surface area contributed by atoms with E-state index in [0.29, 0.717) is 11.1 Å². The minimum absolute atomic E-state index is 0.556. The average Bonchev–Trinajstić information content (AvgIpc) is 3.89. The van der Waals surface area contributed by atoms with Crippen molar-refractivity contribution in [2.75, 3.05) is 0 Å². The lowest BCUT2D eigenvalue weighted by Crippen LogP contribution is -1.99. The molecule has 0 N–H and O–H groups in total. The van der Waals surface area contributed by atoms with Crippen LogP contribution in [0.15, 0.2) is 176 Å². The van der Waals surface area contributed by atoms with Crippen LogP contribution in [0.1, 0.15) is 11.1 Å². The van der Waals surface area contributed by atoms with E-state index in [1.807, 2.05) is 54.6 Å². The largest absolute Gasteiger partial charge is 0.309 e. The van der Waals surface area contributed by atoms with Gasteiger partial charge in [-0.3, -0.25) is 0 Å². The Balaban J connectivity index is 1.09. The first-order valence-corrected chi connectivity index (χ1v) is 18.3. The average molecular weight is 700 g/mol. The molecule has 0 radical (unpaired) electrons. The summed E-state index contributed by atoms with van der Waals surface area (Å²) in [6.45, 7) is 0. The van der Waals surface area contributed by atoms with Crippen LogP contribution < -0.4 is 0 Å². The minimum atomic E-state index is 0.556. The number of benzene rings is 8. The van der Waals surface area contributed by atoms with Crippen LogP contribution in [0.3, 0.4) is 0 Å². The molecule has 5 heteroatoms. The maximum Gasteiger partial charge on any atom is 0.101 e. The summed E-state index contributed by atoms with van der Waals surface area (Å²) in [6.07, 6.45) is 0. The van der Waals surface area contributed by atoms with E-state index in [-0.39, 0.29) is 0 Å². The van der Waals surface area contributed by atoms with Gasteiger partial charge >= 0.3 is 0 Å². The molecule has 3 aromatic heterocycles. The molecule has 0 aliphatic carbocycles. The molecule has 0 spiro atoms. The van der Waals surface area contributed by atoms with Gasteiger partial charge in [-0.05, 0) is 83.9 Å². The standard InChI is InChI=1S/C50H29N5/c51-30-34-13-10-23-46-49(34)39-17-3-8-22-45(39)54(46)41-27-26-33(28-35(41)31-52)32-12-9-14-36(29-32)53-44-21-7-4-18-40(44)50-47(53)24-11-25-48(50)55-42-19-5-1-15-37(42)38-16-2-6-20-43(38)55/h1-29H. The molecule has 0 unspecified atom stereocenters. The number of hydrogen-bond donors (Lipinski definition) is 0. The molecule has 0 fully saturated rings. The predicted molar refractivity (Wildman–Crippen MR) is 224 cm³/mol. The molecular formula is C50H29N5. The van der Waals surface area contributed by atoms with Crippen molar-refractivity contribution < 1.29 is 0 Å². The van der Waals surface area contributed by atoms with Gasteiger partial charge < -0.3 is 13.7 Å². The molecule has 8 aromatic carbocycles. The van der Waals surface area contributed by atoms with Gasteiger partial charge in [-0.25, -0.2) is 0 Å². The second kappa shape index (κ2) is 11.8. The molecule has 3 heterocycles. The van der Waals surface area contributed by atoms with Crippen LogP contribution in [0.5, 0.6) is 0 Å². The maximum absolute atomic E-state index is 10.6. The summed E-state index contributed by atoms with van der Waals surface area (Å²) in [5.41, 5.74) is 12.6. The van der Waals surface area contributed by atoms with Crippen molar-refractivity contribution in [2.45, 2.75) is 0 Å². The van der Waals surface area contributed by atoms with E-state index in [4.69, 9.17) is 0 Å². The van der Waals surface area contributed by atoms with Crippen molar-refractivity contribution >= 4 is 65.4 Å². The van der Waals surface area contributed by atoms with Crippen molar-refractivity contribution in [3.8, 4) is 40.3 Å². The Kier molecular flexibility index (Phi) is 6.61. The van der Waals surface area contributed by atoms with Gasteiger partial charge in [-0.2, -0.15) is 10.5 Å². The highest BCUT2D eigenvalue weighted by atomic mass is 15.0. The molecule has 0 amide bonds. The number of fused-ring (bicyclic) bond motifs is 9. The monoisotopic (exact) mass is 699 g/mol. The van der Waals surface area contributed by atoms with Gasteiger partial charge in [-0.1, -0.05) is 103 Å². The van der Waals surface area contributed by atoms with E-state index in [9.17, 15) is 10.5 Å². The number of nitrogens with zero attached hydrogens (tertiary/aromatic N) is 5. The Morgan fingerprint density at radius 1 is 0.327 bits per heavy atom. The van der Waals surface area contributed by atoms with E-state index < -0.39 is 0 Å². The first-order valence-electron chi connectivity index (χ1n) is 18.3. The molecule has 0 bridgehead atoms. The lowest BCUT2D eigenvalue weighted by Gasteiger charge is -2.14. The Morgan fingerprint density at radius 2 is 0.818 bits per heavy atom. The quantitative estimate of drug-likeness (QED) is 0.184. The number of nitriles is 2. The third-order valence-electron chi connectivity index (χ3n) is 11.1. The first-order chi connectivity index (χ1) is 27.2. The Hall–Kier alpha value is -7.86. The highest BCUT2D eigenvalue weighted by Crippen LogP contribution is 2.41. The van der Waals surface area contributed by atoms with Crippen molar-refractivity contribution in [2.24, 2.45) is 0 Å². The van der Waals surface area contributed by atoms with Crippen LogP contribution >= 0.6 is 0 Å². The second-order valence-electron chi connectivity index (χ2n) is 14.0. The van der Waals surface area contributed by atoms with Crippen molar-refractivity contribution in [1.82, 2.24) is 13.7 Å². The highest BCUT2D eigenvalue weighted by molar-refractivity contribution is 6.16. The fraction of sp³-hybridized carbons (Fsp3) is 0. The van der Waals surface area contributed by atoms with Crippen LogP contribution in [0.2, 0.25) is 0 Å². The lowest BCUT2D eigenvalue weighted by molar-refractivity contribution is 1.16. The molecule has 0 saturated carbocycles. The molecule has 0 saturated heterocycles. The normalized spacial score (nSPS) is 11.6. The topological polar surface area (TPSA) is 62.4 Å². The van der Waals surface area contributed by atoms with Crippen LogP contribution in [-0.2, 0) is 0 Å². The zero-order valence-electron chi connectivity index (χ0n) is 29.5. The van der Waals surface area contributed by atoms with E-state index in [1.54, 1.807) is 0 Å². The van der Waals surface area contributed by atoms with Gasteiger partial charge in [0.05, 0.1) is 61.7 Å². The smallest absolute Gasteiger partial charge is 0.101 e. The third-order valence-corrected chi connectivity index (χ3v) is 11.1. The van der Waals surface area contributed by atoms with Crippen LogP contribution in [0.25, 0.3) is 93.6 Å². The van der Waals surface area contributed by atoms with Gasteiger partial charge in [0.25, 0.3) is 0 Å². The van der Waals surface area contributed by atoms with Crippen LogP contribution in [-0.4, -0.2) is 13.7 Å². The van der Waals surface area contributed by atoms with Gasteiger partial charge in [-0.15, -0.1) is 0 Å². The number of aromatic nitrogens is 3. The third kappa shape index (κ3) is 4.39. The minimum Gasteiger partial charge on any atom is -0.309 e.